The Morgan fingerprint density at radius 3 is 2.09 bits per heavy atom. The molecule has 0 saturated carbocycles. The molecular weight excluding hydrogens is 148 g/mol. The third kappa shape index (κ3) is 4.25. The summed E-state index contributed by atoms with van der Waals surface area (Å²) in [5.41, 5.74) is 0. The third-order valence-electron chi connectivity index (χ3n) is 1.18. The Labute approximate surface area is 64.5 Å². The van der Waals surface area contributed by atoms with Gasteiger partial charge in [-0.3, -0.25) is 14.4 Å². The van der Waals surface area contributed by atoms with Gasteiger partial charge in [0.2, 0.25) is 0 Å². The largest absolute Gasteiger partial charge is 0.469 e. The highest BCUT2D eigenvalue weighted by Gasteiger charge is 2.10. The maximum absolute atomic E-state index is 10.6. The number of esters is 1. The van der Waals surface area contributed by atoms with Gasteiger partial charge in [0.1, 0.15) is 0 Å². The first-order valence-corrected chi connectivity index (χ1v) is 3.18. The van der Waals surface area contributed by atoms with E-state index in [1.54, 1.807) is 0 Å². The van der Waals surface area contributed by atoms with E-state index >= 15 is 0 Å². The van der Waals surface area contributed by atoms with Gasteiger partial charge >= 0.3 is 5.97 Å². The minimum atomic E-state index is -0.532. The highest BCUT2D eigenvalue weighted by atomic mass is 16.5. The molecule has 11 heavy (non-hydrogen) atoms. The van der Waals surface area contributed by atoms with Gasteiger partial charge in [-0.2, -0.15) is 0 Å². The highest BCUT2D eigenvalue weighted by molar-refractivity contribution is 6.36. The van der Waals surface area contributed by atoms with Crippen LogP contribution in [0.15, 0.2) is 0 Å². The van der Waals surface area contributed by atoms with Crippen molar-refractivity contribution in [1.29, 1.82) is 0 Å². The quantitative estimate of drug-likeness (QED) is 0.430. The van der Waals surface area contributed by atoms with Gasteiger partial charge in [-0.1, -0.05) is 0 Å². The number of ether oxygens (including phenoxy) is 1. The van der Waals surface area contributed by atoms with Crippen LogP contribution in [0.1, 0.15) is 19.8 Å². The van der Waals surface area contributed by atoms with Crippen LogP contribution in [-0.2, 0) is 19.1 Å². The predicted molar refractivity (Wildman–Crippen MR) is 36.9 cm³/mol. The lowest BCUT2D eigenvalue weighted by molar-refractivity contribution is -0.142. The van der Waals surface area contributed by atoms with Gasteiger partial charge < -0.3 is 4.74 Å². The van der Waals surface area contributed by atoms with Gasteiger partial charge in [-0.05, 0) is 0 Å². The second kappa shape index (κ2) is 4.60. The number of carbonyl (C=O) groups is 3. The molecule has 0 radical (unpaired) electrons. The summed E-state index contributed by atoms with van der Waals surface area (Å²) in [6.07, 6.45) is -0.0725. The lowest BCUT2D eigenvalue weighted by atomic mass is 10.2. The fourth-order valence-corrected chi connectivity index (χ4v) is 0.494. The fourth-order valence-electron chi connectivity index (χ4n) is 0.494. The lowest BCUT2D eigenvalue weighted by Crippen LogP contribution is -2.12. The molecule has 0 fully saturated rings. The summed E-state index contributed by atoms with van der Waals surface area (Å²) < 4.78 is 4.28. The molecule has 0 aliphatic heterocycles. The van der Waals surface area contributed by atoms with Gasteiger partial charge in [0.15, 0.2) is 11.6 Å². The molecule has 0 N–H and O–H groups in total. The van der Waals surface area contributed by atoms with E-state index in [4.69, 9.17) is 0 Å². The summed E-state index contributed by atoms with van der Waals surface area (Å²) in [6, 6.07) is 0. The van der Waals surface area contributed by atoms with E-state index in [0.29, 0.717) is 0 Å². The molecule has 4 nitrogen and oxygen atoms in total. The Bertz CT molecular complexity index is 183. The van der Waals surface area contributed by atoms with Crippen LogP contribution in [0.5, 0.6) is 0 Å². The van der Waals surface area contributed by atoms with E-state index in [-0.39, 0.29) is 12.8 Å². The molecule has 0 aromatic heterocycles. The van der Waals surface area contributed by atoms with Crippen LogP contribution < -0.4 is 0 Å². The maximum atomic E-state index is 10.6. The van der Waals surface area contributed by atoms with Gasteiger partial charge in [-0.15, -0.1) is 0 Å². The van der Waals surface area contributed by atoms with Crippen molar-refractivity contribution in [1.82, 2.24) is 0 Å². The van der Waals surface area contributed by atoms with E-state index < -0.39 is 17.5 Å². The first kappa shape index (κ1) is 9.81. The number of ketones is 2. The zero-order valence-electron chi connectivity index (χ0n) is 6.55. The molecule has 0 heterocycles. The molecule has 0 aliphatic carbocycles. The SMILES string of the molecule is COC(=O)CCC(=O)C(C)=O. The molecule has 0 unspecified atom stereocenters. The average molecular weight is 158 g/mol. The molecule has 0 saturated heterocycles. The Hall–Kier alpha value is -1.19. The first-order chi connectivity index (χ1) is 5.07. The molecule has 4 heteroatoms. The minimum absolute atomic E-state index is 0.0189. The molecule has 0 aliphatic rings. The van der Waals surface area contributed by atoms with Crippen molar-refractivity contribution in [2.75, 3.05) is 7.11 Å². The van der Waals surface area contributed by atoms with Crippen LogP contribution in [-0.4, -0.2) is 24.6 Å². The smallest absolute Gasteiger partial charge is 0.305 e. The van der Waals surface area contributed by atoms with Crippen molar-refractivity contribution in [3.8, 4) is 0 Å². The molecule has 0 aromatic carbocycles. The summed E-state index contributed by atoms with van der Waals surface area (Å²) in [6.45, 7) is 1.18. The molecule has 0 bridgehead atoms. The summed E-state index contributed by atoms with van der Waals surface area (Å²) >= 11 is 0. The normalized spacial score (nSPS) is 8.91. The zero-order valence-corrected chi connectivity index (χ0v) is 6.55. The number of rotatable bonds is 4. The first-order valence-electron chi connectivity index (χ1n) is 3.18. The number of Topliss-reactive ketones (excluding diaryl/α,β-unsaturated/α-hetero) is 2. The molecule has 62 valence electrons. The zero-order chi connectivity index (χ0) is 8.85. The van der Waals surface area contributed by atoms with E-state index in [2.05, 4.69) is 4.74 Å². The highest BCUT2D eigenvalue weighted by Crippen LogP contribution is 1.93. The van der Waals surface area contributed by atoms with Gasteiger partial charge in [0, 0.05) is 13.3 Å². The number of carbonyl (C=O) groups excluding carboxylic acids is 3. The fraction of sp³-hybridized carbons (Fsp3) is 0.571. The topological polar surface area (TPSA) is 60.4 Å². The summed E-state index contributed by atoms with van der Waals surface area (Å²) in [5, 5.41) is 0. The van der Waals surface area contributed by atoms with Crippen molar-refractivity contribution >= 4 is 17.5 Å². The summed E-state index contributed by atoms with van der Waals surface area (Å²) in [7, 11) is 1.24. The van der Waals surface area contributed by atoms with Crippen molar-refractivity contribution in [3.05, 3.63) is 0 Å². The molecular formula is C7H10O4. The van der Waals surface area contributed by atoms with E-state index in [1.807, 2.05) is 0 Å². The number of methoxy groups -OCH3 is 1. The Morgan fingerprint density at radius 2 is 1.73 bits per heavy atom. The number of hydrogen-bond acceptors (Lipinski definition) is 4. The van der Waals surface area contributed by atoms with E-state index in [1.165, 1.54) is 14.0 Å². The Balaban J connectivity index is 3.63. The van der Waals surface area contributed by atoms with Crippen molar-refractivity contribution in [3.63, 3.8) is 0 Å². The maximum Gasteiger partial charge on any atom is 0.305 e. The molecule has 0 rings (SSSR count). The standard InChI is InChI=1S/C7H10O4/c1-5(8)6(9)3-4-7(10)11-2/h3-4H2,1-2H3. The second-order valence-electron chi connectivity index (χ2n) is 2.06. The van der Waals surface area contributed by atoms with Crippen LogP contribution in [0.3, 0.4) is 0 Å². The minimum Gasteiger partial charge on any atom is -0.469 e. The average Bonchev–Trinajstić information content (AvgIpc) is 1.99. The van der Waals surface area contributed by atoms with Crippen molar-refractivity contribution in [2.45, 2.75) is 19.8 Å². The Kier molecular flexibility index (Phi) is 4.10. The molecule has 0 aromatic rings. The predicted octanol–water partition coefficient (Wildman–Crippen LogP) is 0.0977. The number of hydrogen-bond donors (Lipinski definition) is 0. The van der Waals surface area contributed by atoms with Crippen molar-refractivity contribution in [2.24, 2.45) is 0 Å². The van der Waals surface area contributed by atoms with Gasteiger partial charge in [0.25, 0.3) is 0 Å². The molecule has 0 amide bonds. The lowest BCUT2D eigenvalue weighted by Gasteiger charge is -1.95. The van der Waals surface area contributed by atoms with Crippen LogP contribution >= 0.6 is 0 Å². The monoisotopic (exact) mass is 158 g/mol. The molecule has 0 spiro atoms. The summed E-state index contributed by atoms with van der Waals surface area (Å²) in [5.74, 6) is -1.52. The Morgan fingerprint density at radius 1 is 1.18 bits per heavy atom. The molecule has 0 atom stereocenters. The van der Waals surface area contributed by atoms with Crippen LogP contribution in [0.25, 0.3) is 0 Å². The van der Waals surface area contributed by atoms with E-state index in [9.17, 15) is 14.4 Å². The summed E-state index contributed by atoms with van der Waals surface area (Å²) in [4.78, 5) is 31.4. The second-order valence-corrected chi connectivity index (χ2v) is 2.06. The van der Waals surface area contributed by atoms with Gasteiger partial charge in [-0.25, -0.2) is 0 Å². The third-order valence-corrected chi connectivity index (χ3v) is 1.18. The van der Waals surface area contributed by atoms with Crippen LogP contribution in [0.2, 0.25) is 0 Å². The van der Waals surface area contributed by atoms with Crippen molar-refractivity contribution < 1.29 is 19.1 Å². The van der Waals surface area contributed by atoms with Crippen LogP contribution in [0, 0.1) is 0 Å². The van der Waals surface area contributed by atoms with Gasteiger partial charge in [0.05, 0.1) is 13.5 Å². The van der Waals surface area contributed by atoms with Crippen LogP contribution in [0.4, 0.5) is 0 Å². The van der Waals surface area contributed by atoms with E-state index in [0.717, 1.165) is 0 Å².